The number of carbonyl (C=O) groups is 5. The quantitative estimate of drug-likeness (QED) is 0.0611. The number of unbranched alkanes of at least 4 members (excludes halogenated alkanes) is 2. The van der Waals surface area contributed by atoms with Crippen molar-refractivity contribution in [3.8, 4) is 5.75 Å². The molecule has 5 atom stereocenters. The molecule has 0 heterocycles. The molecule has 1 aliphatic carbocycles. The number of primary amides is 1. The molecule has 0 aromatic heterocycles. The summed E-state index contributed by atoms with van der Waals surface area (Å²) in [7, 11) is 0. The Hall–Kier alpha value is -3.32. The van der Waals surface area contributed by atoms with Gasteiger partial charge in [0.1, 0.15) is 23.4 Å². The Morgan fingerprint density at radius 3 is 2.20 bits per heavy atom. The van der Waals surface area contributed by atoms with Gasteiger partial charge in [-0.25, -0.2) is 4.79 Å². The lowest BCUT2D eigenvalue weighted by Gasteiger charge is -2.28. The summed E-state index contributed by atoms with van der Waals surface area (Å²) in [5, 5.41) is 8.46. The van der Waals surface area contributed by atoms with Crippen LogP contribution in [-0.2, 0) is 35.1 Å². The minimum atomic E-state index is -1.14. The second-order valence-electron chi connectivity index (χ2n) is 12.4. The number of hydrogen-bond donors (Lipinski definition) is 6. The number of nitrogens with one attached hydrogen (secondary N) is 3. The second kappa shape index (κ2) is 15.6. The Bertz CT molecular complexity index is 1190. The molecular weight excluding hydrogens is 586 g/mol. The van der Waals surface area contributed by atoms with Gasteiger partial charge in [0.25, 0.3) is 0 Å². The van der Waals surface area contributed by atoms with Crippen molar-refractivity contribution in [1.82, 2.24) is 16.0 Å². The zero-order chi connectivity index (χ0) is 33.3. The molecule has 1 aromatic carbocycles. The first-order valence-corrected chi connectivity index (χ1v) is 15.5. The van der Waals surface area contributed by atoms with E-state index in [1.165, 1.54) is 13.8 Å². The second-order valence-corrected chi connectivity index (χ2v) is 13.2. The molecule has 7 N–H and O–H groups in total. The van der Waals surface area contributed by atoms with Crippen molar-refractivity contribution >= 4 is 42.2 Å². The molecule has 0 aliphatic heterocycles. The van der Waals surface area contributed by atoms with Crippen LogP contribution in [0.4, 0.5) is 0 Å². The molecule has 0 bridgehead atoms. The number of esters is 1. The summed E-state index contributed by atoms with van der Waals surface area (Å²) in [6.45, 7) is 10.1. The first kappa shape index (κ1) is 36.9. The predicted octanol–water partition coefficient (Wildman–Crippen LogP) is 2.08. The number of hydrogen-bond acceptors (Lipinski definition) is 9. The fraction of sp³-hybridized carbons (Fsp3) is 0.645. The highest BCUT2D eigenvalue weighted by atomic mass is 32.1. The maximum Gasteiger partial charge on any atom is 0.328 e. The monoisotopic (exact) mass is 635 g/mol. The van der Waals surface area contributed by atoms with E-state index in [0.29, 0.717) is 18.6 Å². The number of benzene rings is 1. The van der Waals surface area contributed by atoms with Gasteiger partial charge in [0.2, 0.25) is 30.4 Å². The van der Waals surface area contributed by atoms with Crippen LogP contribution in [0.15, 0.2) is 24.3 Å². The average molecular weight is 636 g/mol. The van der Waals surface area contributed by atoms with Crippen molar-refractivity contribution in [2.75, 3.05) is 6.79 Å². The van der Waals surface area contributed by atoms with Gasteiger partial charge in [-0.2, -0.15) is 12.6 Å². The van der Waals surface area contributed by atoms with Crippen LogP contribution < -0.4 is 32.2 Å². The Kier molecular flexibility index (Phi) is 13.1. The van der Waals surface area contributed by atoms with Crippen molar-refractivity contribution < 1.29 is 33.4 Å². The number of amides is 4. The molecule has 44 heavy (non-hydrogen) atoms. The Balaban J connectivity index is 2.16. The number of nitrogens with two attached hydrogens (primary N) is 2. The van der Waals surface area contributed by atoms with E-state index >= 15 is 0 Å². The molecule has 4 amide bonds. The average Bonchev–Trinajstić information content (AvgIpc) is 3.51. The molecular formula is C31H49N5O7S. The van der Waals surface area contributed by atoms with Crippen molar-refractivity contribution in [3.63, 3.8) is 0 Å². The lowest BCUT2D eigenvalue weighted by molar-refractivity contribution is -0.155. The third-order valence-corrected chi connectivity index (χ3v) is 8.79. The summed E-state index contributed by atoms with van der Waals surface area (Å²) < 4.78 is 10.5. The van der Waals surface area contributed by atoms with Gasteiger partial charge < -0.3 is 36.9 Å². The van der Waals surface area contributed by atoms with E-state index in [2.05, 4.69) is 28.6 Å². The topological polar surface area (TPSA) is 192 Å². The summed E-state index contributed by atoms with van der Waals surface area (Å²) in [5.41, 5.74) is 9.79. The van der Waals surface area contributed by atoms with Gasteiger partial charge in [-0.1, -0.05) is 52.2 Å². The molecule has 13 heteroatoms. The SMILES string of the molecule is CCCCCC(=O)NC(Cc1ccc(OCOC(=O)C(C)(C)N)cc1)C(=O)NC(C(=O)NC1(S)CC1(C)C(N)=O)C(C)CC. The fourth-order valence-electron chi connectivity index (χ4n) is 4.48. The first-order chi connectivity index (χ1) is 20.5. The number of ether oxygens (including phenoxy) is 2. The van der Waals surface area contributed by atoms with E-state index < -0.39 is 51.6 Å². The molecule has 1 aromatic rings. The van der Waals surface area contributed by atoms with Gasteiger partial charge in [0.15, 0.2) is 0 Å². The van der Waals surface area contributed by atoms with Crippen LogP contribution in [0.5, 0.6) is 5.75 Å². The Labute approximate surface area is 265 Å². The zero-order valence-corrected chi connectivity index (χ0v) is 27.6. The highest BCUT2D eigenvalue weighted by Gasteiger charge is 2.67. The van der Waals surface area contributed by atoms with Gasteiger partial charge in [-0.3, -0.25) is 19.2 Å². The summed E-state index contributed by atoms with van der Waals surface area (Å²) >= 11 is 4.51. The van der Waals surface area contributed by atoms with Gasteiger partial charge in [-0.15, -0.1) is 0 Å². The molecule has 2 rings (SSSR count). The lowest BCUT2D eigenvalue weighted by atomic mass is 9.96. The highest BCUT2D eigenvalue weighted by Crippen LogP contribution is 2.58. The van der Waals surface area contributed by atoms with Gasteiger partial charge in [0.05, 0.1) is 10.3 Å². The van der Waals surface area contributed by atoms with Crippen LogP contribution in [-0.4, -0.2) is 58.9 Å². The maximum absolute atomic E-state index is 13.6. The van der Waals surface area contributed by atoms with E-state index in [-0.39, 0.29) is 37.9 Å². The van der Waals surface area contributed by atoms with Crippen molar-refractivity contribution in [2.24, 2.45) is 22.8 Å². The number of carbonyl (C=O) groups excluding carboxylic acids is 5. The lowest BCUT2D eigenvalue weighted by Crippen LogP contribution is -2.58. The summed E-state index contributed by atoms with van der Waals surface area (Å²) in [4.78, 5) is 62.4. The van der Waals surface area contributed by atoms with Crippen molar-refractivity contribution in [2.45, 2.75) is 109 Å². The van der Waals surface area contributed by atoms with Crippen LogP contribution in [0.25, 0.3) is 0 Å². The van der Waals surface area contributed by atoms with Crippen molar-refractivity contribution in [3.05, 3.63) is 29.8 Å². The first-order valence-electron chi connectivity index (χ1n) is 15.1. The molecule has 5 unspecified atom stereocenters. The standard InChI is InChI=1S/C31H49N5O7S/c1-7-9-10-11-23(37)34-22(16-20-12-14-21(15-13-20)42-18-43-28(41)29(4,5)33)25(38)35-24(19(3)8-2)26(39)36-31(44)17-30(31,6)27(32)40/h12-15,19,22,24,44H,7-11,16-18,33H2,1-6H3,(H2,32,40)(H,34,37)(H,35,38)(H,36,39). The smallest absolute Gasteiger partial charge is 0.328 e. The minimum Gasteiger partial charge on any atom is -0.457 e. The molecule has 1 fully saturated rings. The van der Waals surface area contributed by atoms with E-state index in [1.54, 1.807) is 31.2 Å². The van der Waals surface area contributed by atoms with Gasteiger partial charge in [0, 0.05) is 12.8 Å². The molecule has 246 valence electrons. The summed E-state index contributed by atoms with van der Waals surface area (Å²) in [5.74, 6) is -2.28. The maximum atomic E-state index is 13.6. The third kappa shape index (κ3) is 10.1. The summed E-state index contributed by atoms with van der Waals surface area (Å²) in [6.07, 6.45) is 3.79. The molecule has 0 radical (unpaired) electrons. The fourth-order valence-corrected chi connectivity index (χ4v) is 5.02. The Morgan fingerprint density at radius 1 is 1.05 bits per heavy atom. The van der Waals surface area contributed by atoms with Crippen LogP contribution in [0.1, 0.15) is 85.6 Å². The Morgan fingerprint density at radius 2 is 1.68 bits per heavy atom. The molecule has 0 saturated heterocycles. The summed E-state index contributed by atoms with van der Waals surface area (Å²) in [6, 6.07) is 4.86. The van der Waals surface area contributed by atoms with Gasteiger partial charge >= 0.3 is 5.97 Å². The minimum absolute atomic E-state index is 0.146. The molecule has 1 aliphatic rings. The van der Waals surface area contributed by atoms with E-state index in [0.717, 1.165) is 18.4 Å². The molecule has 0 spiro atoms. The number of thiol groups is 1. The number of rotatable bonds is 18. The van der Waals surface area contributed by atoms with Crippen LogP contribution >= 0.6 is 12.6 Å². The third-order valence-electron chi connectivity index (χ3n) is 8.03. The van der Waals surface area contributed by atoms with E-state index in [4.69, 9.17) is 20.9 Å². The highest BCUT2D eigenvalue weighted by molar-refractivity contribution is 7.82. The van der Waals surface area contributed by atoms with Crippen LogP contribution in [0.3, 0.4) is 0 Å². The van der Waals surface area contributed by atoms with Crippen molar-refractivity contribution in [1.29, 1.82) is 0 Å². The van der Waals surface area contributed by atoms with E-state index in [1.807, 2.05) is 20.8 Å². The largest absolute Gasteiger partial charge is 0.457 e. The van der Waals surface area contributed by atoms with Crippen LogP contribution in [0, 0.1) is 11.3 Å². The van der Waals surface area contributed by atoms with Crippen LogP contribution in [0.2, 0.25) is 0 Å². The van der Waals surface area contributed by atoms with E-state index in [9.17, 15) is 24.0 Å². The normalized spacial score (nSPS) is 21.3. The molecule has 1 saturated carbocycles. The zero-order valence-electron chi connectivity index (χ0n) is 26.7. The predicted molar refractivity (Wildman–Crippen MR) is 169 cm³/mol. The van der Waals surface area contributed by atoms with Gasteiger partial charge in [-0.05, 0) is 57.2 Å². The molecule has 12 nitrogen and oxygen atoms in total.